The molecule has 0 bridgehead atoms. The summed E-state index contributed by atoms with van der Waals surface area (Å²) in [7, 11) is 0. The fourth-order valence-electron chi connectivity index (χ4n) is 1.67. The molecule has 0 aliphatic carbocycles. The lowest BCUT2D eigenvalue weighted by atomic mass is 10.1. The van der Waals surface area contributed by atoms with Gasteiger partial charge in [0.2, 0.25) is 5.91 Å². The van der Waals surface area contributed by atoms with Crippen LogP contribution in [0, 0.1) is 11.8 Å². The number of amides is 2. The van der Waals surface area contributed by atoms with Gasteiger partial charge in [-0.05, 0) is 32.9 Å². The number of aliphatic hydroxyl groups excluding tert-OH is 1. The summed E-state index contributed by atoms with van der Waals surface area (Å²) in [6.45, 7) is 5.05. The molecule has 1 unspecified atom stereocenters. The topological polar surface area (TPSA) is 78.4 Å². The van der Waals surface area contributed by atoms with Gasteiger partial charge in [-0.3, -0.25) is 9.59 Å². The number of nitrogens with one attached hydrogen (secondary N) is 2. The maximum absolute atomic E-state index is 12.2. The SMILES string of the molecule is CC(C)NC(=O)C(C)NC(=O)c1ccccc1C#CCO. The average molecular weight is 288 g/mol. The summed E-state index contributed by atoms with van der Waals surface area (Å²) in [5.41, 5.74) is 0.892. The Morgan fingerprint density at radius 2 is 1.86 bits per heavy atom. The van der Waals surface area contributed by atoms with E-state index < -0.39 is 6.04 Å². The van der Waals surface area contributed by atoms with E-state index in [1.54, 1.807) is 31.2 Å². The van der Waals surface area contributed by atoms with Gasteiger partial charge in [0, 0.05) is 11.6 Å². The second-order valence-corrected chi connectivity index (χ2v) is 4.86. The van der Waals surface area contributed by atoms with Gasteiger partial charge in [0.05, 0.1) is 5.56 Å². The lowest BCUT2D eigenvalue weighted by Gasteiger charge is -2.16. The lowest BCUT2D eigenvalue weighted by Crippen LogP contribution is -2.46. The predicted octanol–water partition coefficient (Wildman–Crippen LogP) is 0.673. The Kier molecular flexibility index (Phi) is 6.44. The molecule has 1 aromatic rings. The molecule has 0 spiro atoms. The van der Waals surface area contributed by atoms with Gasteiger partial charge in [-0.2, -0.15) is 0 Å². The summed E-state index contributed by atoms with van der Waals surface area (Å²) in [6.07, 6.45) is 0. The number of rotatable bonds is 4. The largest absolute Gasteiger partial charge is 0.384 e. The van der Waals surface area contributed by atoms with Crippen LogP contribution in [0.2, 0.25) is 0 Å². The fourth-order valence-corrected chi connectivity index (χ4v) is 1.67. The first-order valence-corrected chi connectivity index (χ1v) is 6.75. The van der Waals surface area contributed by atoms with Crippen molar-refractivity contribution in [3.05, 3.63) is 35.4 Å². The first-order valence-electron chi connectivity index (χ1n) is 6.75. The molecule has 0 aromatic heterocycles. The zero-order chi connectivity index (χ0) is 15.8. The first kappa shape index (κ1) is 16.7. The number of carbonyl (C=O) groups excluding carboxylic acids is 2. The Morgan fingerprint density at radius 3 is 2.48 bits per heavy atom. The fraction of sp³-hybridized carbons (Fsp3) is 0.375. The van der Waals surface area contributed by atoms with Gasteiger partial charge in [0.25, 0.3) is 5.91 Å². The van der Waals surface area contributed by atoms with E-state index in [0.29, 0.717) is 11.1 Å². The molecule has 0 aliphatic rings. The van der Waals surface area contributed by atoms with Gasteiger partial charge in [0.1, 0.15) is 12.6 Å². The van der Waals surface area contributed by atoms with E-state index in [1.807, 2.05) is 13.8 Å². The zero-order valence-electron chi connectivity index (χ0n) is 12.4. The third-order valence-electron chi connectivity index (χ3n) is 2.65. The molecule has 1 aromatic carbocycles. The molecular weight excluding hydrogens is 268 g/mol. The summed E-state index contributed by atoms with van der Waals surface area (Å²) < 4.78 is 0. The van der Waals surface area contributed by atoms with Gasteiger partial charge in [-0.15, -0.1) is 0 Å². The molecule has 112 valence electrons. The Hall–Kier alpha value is -2.32. The molecular formula is C16H20N2O3. The van der Waals surface area contributed by atoms with Crippen molar-refractivity contribution in [3.8, 4) is 11.8 Å². The lowest BCUT2D eigenvalue weighted by molar-refractivity contribution is -0.123. The Labute approximate surface area is 124 Å². The predicted molar refractivity (Wildman–Crippen MR) is 80.6 cm³/mol. The van der Waals surface area contributed by atoms with Crippen LogP contribution < -0.4 is 10.6 Å². The molecule has 1 atom stereocenters. The molecule has 5 nitrogen and oxygen atoms in total. The molecule has 0 fully saturated rings. The average Bonchev–Trinajstić information content (AvgIpc) is 2.44. The summed E-state index contributed by atoms with van der Waals surface area (Å²) in [4.78, 5) is 24.0. The Bertz CT molecular complexity index is 570. The van der Waals surface area contributed by atoms with Crippen LogP contribution in [0.25, 0.3) is 0 Å². The van der Waals surface area contributed by atoms with E-state index in [9.17, 15) is 9.59 Å². The van der Waals surface area contributed by atoms with Crippen molar-refractivity contribution in [2.24, 2.45) is 0 Å². The second-order valence-electron chi connectivity index (χ2n) is 4.86. The normalized spacial score (nSPS) is 11.3. The molecule has 0 radical (unpaired) electrons. The van der Waals surface area contributed by atoms with Crippen molar-refractivity contribution in [1.82, 2.24) is 10.6 Å². The number of carbonyl (C=O) groups is 2. The first-order chi connectivity index (χ1) is 9.95. The van der Waals surface area contributed by atoms with Crippen molar-refractivity contribution in [1.29, 1.82) is 0 Å². The van der Waals surface area contributed by atoms with E-state index in [4.69, 9.17) is 5.11 Å². The van der Waals surface area contributed by atoms with Crippen molar-refractivity contribution in [3.63, 3.8) is 0 Å². The van der Waals surface area contributed by atoms with Crippen molar-refractivity contribution >= 4 is 11.8 Å². The van der Waals surface area contributed by atoms with Gasteiger partial charge in [-0.25, -0.2) is 0 Å². The molecule has 5 heteroatoms. The highest BCUT2D eigenvalue weighted by Gasteiger charge is 2.18. The molecule has 3 N–H and O–H groups in total. The smallest absolute Gasteiger partial charge is 0.253 e. The summed E-state index contributed by atoms with van der Waals surface area (Å²) >= 11 is 0. The van der Waals surface area contributed by atoms with E-state index in [2.05, 4.69) is 22.5 Å². The van der Waals surface area contributed by atoms with Crippen LogP contribution in [0.3, 0.4) is 0 Å². The highest BCUT2D eigenvalue weighted by Crippen LogP contribution is 2.07. The van der Waals surface area contributed by atoms with Crippen LogP contribution in [0.5, 0.6) is 0 Å². The highest BCUT2D eigenvalue weighted by molar-refractivity contribution is 5.99. The number of hydrogen-bond acceptors (Lipinski definition) is 3. The van der Waals surface area contributed by atoms with Gasteiger partial charge in [-0.1, -0.05) is 24.0 Å². The van der Waals surface area contributed by atoms with Crippen LogP contribution in [0.1, 0.15) is 36.7 Å². The van der Waals surface area contributed by atoms with E-state index in [-0.39, 0.29) is 24.5 Å². The minimum absolute atomic E-state index is 0.0135. The second kappa shape index (κ2) is 8.08. The third-order valence-corrected chi connectivity index (χ3v) is 2.65. The van der Waals surface area contributed by atoms with Crippen LogP contribution in [0.15, 0.2) is 24.3 Å². The van der Waals surface area contributed by atoms with E-state index in [1.165, 1.54) is 0 Å². The zero-order valence-corrected chi connectivity index (χ0v) is 12.4. The molecule has 1 rings (SSSR count). The molecule has 0 heterocycles. The minimum atomic E-state index is -0.640. The van der Waals surface area contributed by atoms with E-state index >= 15 is 0 Å². The molecule has 0 aliphatic heterocycles. The minimum Gasteiger partial charge on any atom is -0.384 e. The highest BCUT2D eigenvalue weighted by atomic mass is 16.2. The maximum Gasteiger partial charge on any atom is 0.253 e. The molecule has 0 saturated heterocycles. The third kappa shape index (κ3) is 5.28. The van der Waals surface area contributed by atoms with Crippen molar-refractivity contribution in [2.45, 2.75) is 32.9 Å². The Morgan fingerprint density at radius 1 is 1.19 bits per heavy atom. The summed E-state index contributed by atoms with van der Waals surface area (Å²) in [5, 5.41) is 14.1. The van der Waals surface area contributed by atoms with Crippen LogP contribution in [0.4, 0.5) is 0 Å². The molecule has 21 heavy (non-hydrogen) atoms. The number of aliphatic hydroxyl groups is 1. The maximum atomic E-state index is 12.2. The quantitative estimate of drug-likeness (QED) is 0.713. The summed E-state index contributed by atoms with van der Waals surface area (Å²) in [6, 6.07) is 6.17. The summed E-state index contributed by atoms with van der Waals surface area (Å²) in [5.74, 6) is 4.62. The Balaban J connectivity index is 2.83. The van der Waals surface area contributed by atoms with Crippen molar-refractivity contribution < 1.29 is 14.7 Å². The van der Waals surface area contributed by atoms with Gasteiger partial charge < -0.3 is 15.7 Å². The number of hydrogen-bond donors (Lipinski definition) is 3. The molecule has 2 amide bonds. The monoisotopic (exact) mass is 288 g/mol. The molecule has 0 saturated carbocycles. The standard InChI is InChI=1S/C16H20N2O3/c1-11(2)17-15(20)12(3)18-16(21)14-9-5-4-7-13(14)8-6-10-19/h4-5,7,9,11-12,19H,10H2,1-3H3,(H,17,20)(H,18,21). The van der Waals surface area contributed by atoms with Crippen molar-refractivity contribution in [2.75, 3.05) is 6.61 Å². The van der Waals surface area contributed by atoms with Crippen LogP contribution in [-0.2, 0) is 4.79 Å². The van der Waals surface area contributed by atoms with Crippen LogP contribution >= 0.6 is 0 Å². The van der Waals surface area contributed by atoms with Gasteiger partial charge >= 0.3 is 0 Å². The van der Waals surface area contributed by atoms with E-state index in [0.717, 1.165) is 0 Å². The number of benzene rings is 1. The van der Waals surface area contributed by atoms with Crippen LogP contribution in [-0.4, -0.2) is 35.6 Å². The van der Waals surface area contributed by atoms with Gasteiger partial charge in [0.15, 0.2) is 0 Å².